The third-order valence-electron chi connectivity index (χ3n) is 2.84. The van der Waals surface area contributed by atoms with Crippen molar-refractivity contribution in [1.29, 1.82) is 0 Å². The maximum Gasteiger partial charge on any atom is 0.108 e. The fraction of sp³-hybridized carbons (Fsp3) is 0.0714. The highest BCUT2D eigenvalue weighted by Crippen LogP contribution is 2.27. The molecule has 0 bridgehead atoms. The summed E-state index contributed by atoms with van der Waals surface area (Å²) >= 11 is 0. The SMILES string of the molecule is OC(c1ccoc1)c1ccnc2ccccc12. The number of rotatable bonds is 2. The molecule has 0 aliphatic carbocycles. The minimum absolute atomic E-state index is 0.679. The molecule has 3 nitrogen and oxygen atoms in total. The van der Waals surface area contributed by atoms with Crippen molar-refractivity contribution in [2.75, 3.05) is 0 Å². The van der Waals surface area contributed by atoms with Gasteiger partial charge in [-0.2, -0.15) is 0 Å². The van der Waals surface area contributed by atoms with E-state index in [0.717, 1.165) is 22.0 Å². The zero-order valence-corrected chi connectivity index (χ0v) is 9.08. The fourth-order valence-electron chi connectivity index (χ4n) is 1.97. The molecular formula is C14H11NO2. The van der Waals surface area contributed by atoms with Crippen LogP contribution in [0.15, 0.2) is 59.5 Å². The van der Waals surface area contributed by atoms with Crippen molar-refractivity contribution in [2.24, 2.45) is 0 Å². The molecule has 0 spiro atoms. The van der Waals surface area contributed by atoms with Gasteiger partial charge in [0, 0.05) is 17.1 Å². The van der Waals surface area contributed by atoms with Crippen LogP contribution in [0.4, 0.5) is 0 Å². The second-order valence-electron chi connectivity index (χ2n) is 3.88. The van der Waals surface area contributed by atoms with E-state index < -0.39 is 6.10 Å². The van der Waals surface area contributed by atoms with Crippen LogP contribution in [0.1, 0.15) is 17.2 Å². The predicted molar refractivity (Wildman–Crippen MR) is 64.5 cm³/mol. The third kappa shape index (κ3) is 1.70. The smallest absolute Gasteiger partial charge is 0.108 e. The zero-order chi connectivity index (χ0) is 11.7. The average Bonchev–Trinajstić information content (AvgIpc) is 2.91. The summed E-state index contributed by atoms with van der Waals surface area (Å²) in [5.74, 6) is 0. The molecule has 0 aliphatic heterocycles. The highest BCUT2D eigenvalue weighted by Gasteiger charge is 2.14. The number of aliphatic hydroxyl groups is 1. The first-order valence-electron chi connectivity index (χ1n) is 5.40. The van der Waals surface area contributed by atoms with E-state index in [1.165, 1.54) is 0 Å². The Morgan fingerprint density at radius 2 is 2.00 bits per heavy atom. The van der Waals surface area contributed by atoms with Gasteiger partial charge in [-0.1, -0.05) is 18.2 Å². The number of para-hydroxylation sites is 1. The molecule has 3 rings (SSSR count). The molecule has 3 aromatic rings. The summed E-state index contributed by atoms with van der Waals surface area (Å²) in [7, 11) is 0. The van der Waals surface area contributed by atoms with Gasteiger partial charge in [-0.3, -0.25) is 4.98 Å². The average molecular weight is 225 g/mol. The van der Waals surface area contributed by atoms with E-state index in [2.05, 4.69) is 4.98 Å². The summed E-state index contributed by atoms with van der Waals surface area (Å²) in [5, 5.41) is 11.3. The molecule has 0 radical (unpaired) electrons. The topological polar surface area (TPSA) is 46.3 Å². The minimum Gasteiger partial charge on any atom is -0.472 e. The lowest BCUT2D eigenvalue weighted by Gasteiger charge is -2.11. The summed E-state index contributed by atoms with van der Waals surface area (Å²) in [6.45, 7) is 0. The number of benzene rings is 1. The van der Waals surface area contributed by atoms with Crippen LogP contribution in [-0.4, -0.2) is 10.1 Å². The highest BCUT2D eigenvalue weighted by atomic mass is 16.3. The van der Waals surface area contributed by atoms with Gasteiger partial charge in [-0.15, -0.1) is 0 Å². The van der Waals surface area contributed by atoms with Crippen molar-refractivity contribution in [2.45, 2.75) is 6.10 Å². The van der Waals surface area contributed by atoms with Gasteiger partial charge >= 0.3 is 0 Å². The van der Waals surface area contributed by atoms with Crippen LogP contribution in [0.5, 0.6) is 0 Å². The van der Waals surface area contributed by atoms with E-state index in [4.69, 9.17) is 4.42 Å². The molecule has 0 saturated carbocycles. The molecule has 2 aromatic heterocycles. The van der Waals surface area contributed by atoms with Crippen molar-refractivity contribution in [1.82, 2.24) is 4.98 Å². The first kappa shape index (κ1) is 10.1. The van der Waals surface area contributed by atoms with Crippen LogP contribution in [0.2, 0.25) is 0 Å². The van der Waals surface area contributed by atoms with Gasteiger partial charge in [0.15, 0.2) is 0 Å². The summed E-state index contributed by atoms with van der Waals surface area (Å²) in [5.41, 5.74) is 2.48. The molecule has 84 valence electrons. The largest absolute Gasteiger partial charge is 0.472 e. The lowest BCUT2D eigenvalue weighted by Crippen LogP contribution is -1.99. The summed E-state index contributed by atoms with van der Waals surface area (Å²) < 4.78 is 4.99. The Morgan fingerprint density at radius 1 is 1.12 bits per heavy atom. The van der Waals surface area contributed by atoms with Crippen molar-refractivity contribution in [3.05, 3.63) is 66.2 Å². The van der Waals surface area contributed by atoms with Crippen molar-refractivity contribution >= 4 is 10.9 Å². The number of aliphatic hydroxyl groups excluding tert-OH is 1. The molecule has 17 heavy (non-hydrogen) atoms. The van der Waals surface area contributed by atoms with Gasteiger partial charge in [-0.25, -0.2) is 0 Å². The molecule has 3 heteroatoms. The molecule has 0 amide bonds. The predicted octanol–water partition coefficient (Wildman–Crippen LogP) is 2.91. The number of aromatic nitrogens is 1. The molecule has 0 saturated heterocycles. The van der Waals surface area contributed by atoms with Crippen molar-refractivity contribution in [3.8, 4) is 0 Å². The lowest BCUT2D eigenvalue weighted by molar-refractivity contribution is 0.221. The van der Waals surface area contributed by atoms with Gasteiger partial charge < -0.3 is 9.52 Å². The van der Waals surface area contributed by atoms with Crippen LogP contribution in [0.25, 0.3) is 10.9 Å². The Bertz CT molecular complexity index is 626. The van der Waals surface area contributed by atoms with E-state index in [9.17, 15) is 5.11 Å². The molecule has 1 atom stereocenters. The van der Waals surface area contributed by atoms with Gasteiger partial charge in [0.05, 0.1) is 18.0 Å². The minimum atomic E-state index is -0.679. The van der Waals surface area contributed by atoms with E-state index in [1.54, 1.807) is 24.8 Å². The van der Waals surface area contributed by atoms with Crippen LogP contribution in [-0.2, 0) is 0 Å². The maximum absolute atomic E-state index is 10.3. The Kier molecular flexibility index (Phi) is 2.38. The Balaban J connectivity index is 2.17. The molecule has 0 fully saturated rings. The second-order valence-corrected chi connectivity index (χ2v) is 3.88. The number of hydrogen-bond acceptors (Lipinski definition) is 3. The van der Waals surface area contributed by atoms with Crippen molar-refractivity contribution < 1.29 is 9.52 Å². The van der Waals surface area contributed by atoms with Crippen LogP contribution in [0.3, 0.4) is 0 Å². The molecule has 1 N–H and O–H groups in total. The number of hydrogen-bond donors (Lipinski definition) is 1. The number of fused-ring (bicyclic) bond motifs is 1. The van der Waals surface area contributed by atoms with Crippen LogP contribution < -0.4 is 0 Å². The Labute approximate surface area is 98.3 Å². The molecule has 1 unspecified atom stereocenters. The third-order valence-corrected chi connectivity index (χ3v) is 2.84. The molecule has 0 aliphatic rings. The van der Waals surface area contributed by atoms with Gasteiger partial charge in [-0.05, 0) is 23.8 Å². The standard InChI is InChI=1S/C14H11NO2/c16-14(10-6-8-17-9-10)12-5-7-15-13-4-2-1-3-11(12)13/h1-9,14,16H. The van der Waals surface area contributed by atoms with E-state index in [1.807, 2.05) is 30.3 Å². The van der Waals surface area contributed by atoms with Crippen molar-refractivity contribution in [3.63, 3.8) is 0 Å². The van der Waals surface area contributed by atoms with E-state index >= 15 is 0 Å². The summed E-state index contributed by atoms with van der Waals surface area (Å²) in [6.07, 6.45) is 4.14. The fourth-order valence-corrected chi connectivity index (χ4v) is 1.97. The molecule has 1 aromatic carbocycles. The monoisotopic (exact) mass is 225 g/mol. The number of nitrogens with zero attached hydrogens (tertiary/aromatic N) is 1. The molecule has 2 heterocycles. The van der Waals surface area contributed by atoms with Gasteiger partial charge in [0.25, 0.3) is 0 Å². The van der Waals surface area contributed by atoms with E-state index in [-0.39, 0.29) is 0 Å². The van der Waals surface area contributed by atoms with Crippen LogP contribution in [0, 0.1) is 0 Å². The van der Waals surface area contributed by atoms with Crippen LogP contribution >= 0.6 is 0 Å². The maximum atomic E-state index is 10.3. The Hall–Kier alpha value is -2.13. The quantitative estimate of drug-likeness (QED) is 0.729. The summed E-state index contributed by atoms with van der Waals surface area (Å²) in [6, 6.07) is 11.4. The summed E-state index contributed by atoms with van der Waals surface area (Å²) in [4.78, 5) is 4.27. The zero-order valence-electron chi connectivity index (χ0n) is 9.08. The number of pyridine rings is 1. The van der Waals surface area contributed by atoms with Gasteiger partial charge in [0.1, 0.15) is 6.10 Å². The Morgan fingerprint density at radius 3 is 2.82 bits per heavy atom. The number of furan rings is 1. The first-order valence-corrected chi connectivity index (χ1v) is 5.40. The first-order chi connectivity index (χ1) is 8.36. The van der Waals surface area contributed by atoms with E-state index in [0.29, 0.717) is 0 Å². The lowest BCUT2D eigenvalue weighted by atomic mass is 10.0. The highest BCUT2D eigenvalue weighted by molar-refractivity contribution is 5.82. The second kappa shape index (κ2) is 4.03. The normalized spacial score (nSPS) is 12.8. The molecular weight excluding hydrogens is 214 g/mol. The van der Waals surface area contributed by atoms with Gasteiger partial charge in [0.2, 0.25) is 0 Å².